The standard InChI is InChI=1S/C26H20F3N3O3S/c1-16(33)30-25-32-20(15-36-25)14-35-21-12-10-19(11-13-21)31-24(34)23-5-3-2-4-22(23)17-6-8-18(9-7-17)26(27,28)29/h2-13,15H,14H2,1H3,(H,31,34)(H,30,32,33). The number of nitrogens with zero attached hydrogens (tertiary/aromatic N) is 1. The van der Waals surface area contributed by atoms with E-state index in [0.29, 0.717) is 39.0 Å². The highest BCUT2D eigenvalue weighted by Gasteiger charge is 2.30. The predicted octanol–water partition coefficient (Wildman–Crippen LogP) is 6.62. The number of carbonyl (C=O) groups excluding carboxylic acids is 2. The number of anilines is 2. The van der Waals surface area contributed by atoms with Crippen LogP contribution in [0, 0.1) is 0 Å². The third kappa shape index (κ3) is 6.28. The summed E-state index contributed by atoms with van der Waals surface area (Å²) in [5, 5.41) is 7.70. The highest BCUT2D eigenvalue weighted by atomic mass is 32.1. The quantitative estimate of drug-likeness (QED) is 0.292. The third-order valence-electron chi connectivity index (χ3n) is 5.03. The van der Waals surface area contributed by atoms with E-state index in [1.165, 1.54) is 30.4 Å². The number of halogens is 3. The lowest BCUT2D eigenvalue weighted by atomic mass is 9.98. The Hall–Kier alpha value is -4.18. The summed E-state index contributed by atoms with van der Waals surface area (Å²) < 4.78 is 44.4. The van der Waals surface area contributed by atoms with Crippen molar-refractivity contribution in [1.29, 1.82) is 0 Å². The number of hydrogen-bond acceptors (Lipinski definition) is 5. The van der Waals surface area contributed by atoms with Gasteiger partial charge in [0.2, 0.25) is 5.91 Å². The second-order valence-corrected chi connectivity index (χ2v) is 8.57. The van der Waals surface area contributed by atoms with Crippen molar-refractivity contribution >= 4 is 34.0 Å². The number of amides is 2. The second-order valence-electron chi connectivity index (χ2n) is 7.71. The van der Waals surface area contributed by atoms with Gasteiger partial charge < -0.3 is 15.4 Å². The number of hydrogen-bond donors (Lipinski definition) is 2. The molecule has 0 fully saturated rings. The Balaban J connectivity index is 1.41. The maximum atomic E-state index is 12.9. The van der Waals surface area contributed by atoms with Gasteiger partial charge in [-0.25, -0.2) is 4.98 Å². The number of rotatable bonds is 7. The molecule has 4 aromatic rings. The molecule has 0 atom stereocenters. The van der Waals surface area contributed by atoms with E-state index in [1.807, 2.05) is 0 Å². The fourth-order valence-electron chi connectivity index (χ4n) is 3.34. The van der Waals surface area contributed by atoms with Crippen LogP contribution in [-0.4, -0.2) is 16.8 Å². The van der Waals surface area contributed by atoms with Crippen LogP contribution in [0.4, 0.5) is 24.0 Å². The number of thiazole rings is 1. The highest BCUT2D eigenvalue weighted by molar-refractivity contribution is 7.13. The number of carbonyl (C=O) groups is 2. The molecule has 0 saturated carbocycles. The number of benzene rings is 3. The monoisotopic (exact) mass is 511 g/mol. The van der Waals surface area contributed by atoms with Crippen LogP contribution in [0.3, 0.4) is 0 Å². The molecule has 4 rings (SSSR count). The normalized spacial score (nSPS) is 11.1. The highest BCUT2D eigenvalue weighted by Crippen LogP contribution is 2.32. The fraction of sp³-hybridized carbons (Fsp3) is 0.115. The van der Waals surface area contributed by atoms with Crippen LogP contribution in [0.15, 0.2) is 78.2 Å². The maximum Gasteiger partial charge on any atom is 0.416 e. The van der Waals surface area contributed by atoms with Crippen molar-refractivity contribution in [3.8, 4) is 16.9 Å². The summed E-state index contributed by atoms with van der Waals surface area (Å²) in [6.07, 6.45) is -4.43. The van der Waals surface area contributed by atoms with Gasteiger partial charge in [0.1, 0.15) is 12.4 Å². The second kappa shape index (κ2) is 10.6. The summed E-state index contributed by atoms with van der Waals surface area (Å²) in [5.41, 5.74) is 1.79. The number of alkyl halides is 3. The Morgan fingerprint density at radius 1 is 0.944 bits per heavy atom. The molecule has 1 aromatic heterocycles. The molecule has 0 aliphatic carbocycles. The van der Waals surface area contributed by atoms with Gasteiger partial charge in [0, 0.05) is 23.6 Å². The van der Waals surface area contributed by atoms with Gasteiger partial charge in [-0.2, -0.15) is 13.2 Å². The Morgan fingerprint density at radius 2 is 1.64 bits per heavy atom. The van der Waals surface area contributed by atoms with E-state index in [2.05, 4.69) is 15.6 Å². The minimum atomic E-state index is -4.43. The molecular weight excluding hydrogens is 491 g/mol. The van der Waals surface area contributed by atoms with Crippen molar-refractivity contribution in [2.24, 2.45) is 0 Å². The topological polar surface area (TPSA) is 80.3 Å². The van der Waals surface area contributed by atoms with Gasteiger partial charge in [-0.1, -0.05) is 30.3 Å². The van der Waals surface area contributed by atoms with Crippen LogP contribution < -0.4 is 15.4 Å². The van der Waals surface area contributed by atoms with Crippen LogP contribution >= 0.6 is 11.3 Å². The number of ether oxygens (including phenoxy) is 1. The SMILES string of the molecule is CC(=O)Nc1nc(COc2ccc(NC(=O)c3ccccc3-c3ccc(C(F)(F)F)cc3)cc2)cs1. The first-order valence-electron chi connectivity index (χ1n) is 10.7. The third-order valence-corrected chi connectivity index (χ3v) is 5.84. The Morgan fingerprint density at radius 3 is 2.31 bits per heavy atom. The molecule has 184 valence electrons. The average molecular weight is 512 g/mol. The van der Waals surface area contributed by atoms with E-state index in [0.717, 1.165) is 12.1 Å². The van der Waals surface area contributed by atoms with E-state index >= 15 is 0 Å². The van der Waals surface area contributed by atoms with E-state index in [4.69, 9.17) is 4.74 Å². The first kappa shape index (κ1) is 24.9. The fourth-order valence-corrected chi connectivity index (χ4v) is 4.08. The molecule has 6 nitrogen and oxygen atoms in total. The van der Waals surface area contributed by atoms with Gasteiger partial charge in [0.15, 0.2) is 5.13 Å². The van der Waals surface area contributed by atoms with Gasteiger partial charge in [0.05, 0.1) is 11.3 Å². The average Bonchev–Trinajstić information content (AvgIpc) is 3.29. The van der Waals surface area contributed by atoms with E-state index < -0.39 is 17.6 Å². The zero-order valence-electron chi connectivity index (χ0n) is 18.9. The zero-order valence-corrected chi connectivity index (χ0v) is 19.7. The number of aromatic nitrogens is 1. The van der Waals surface area contributed by atoms with Crippen LogP contribution in [0.1, 0.15) is 28.5 Å². The molecule has 0 aliphatic rings. The van der Waals surface area contributed by atoms with Crippen molar-refractivity contribution in [3.05, 3.63) is 95.0 Å². The van der Waals surface area contributed by atoms with Crippen LogP contribution in [0.5, 0.6) is 5.75 Å². The molecular formula is C26H20F3N3O3S. The molecule has 0 unspecified atom stereocenters. The largest absolute Gasteiger partial charge is 0.487 e. The molecule has 0 bridgehead atoms. The van der Waals surface area contributed by atoms with E-state index in [-0.39, 0.29) is 12.5 Å². The lowest BCUT2D eigenvalue weighted by molar-refractivity contribution is -0.137. The molecule has 1 heterocycles. The molecule has 3 aromatic carbocycles. The molecule has 2 amide bonds. The van der Waals surface area contributed by atoms with Crippen LogP contribution in [-0.2, 0) is 17.6 Å². The van der Waals surface area contributed by atoms with Crippen molar-refractivity contribution < 1.29 is 27.5 Å². The van der Waals surface area contributed by atoms with Gasteiger partial charge >= 0.3 is 6.18 Å². The molecule has 0 aliphatic heterocycles. The zero-order chi connectivity index (χ0) is 25.7. The summed E-state index contributed by atoms with van der Waals surface area (Å²) in [6.45, 7) is 1.62. The first-order valence-corrected chi connectivity index (χ1v) is 11.6. The van der Waals surface area contributed by atoms with Crippen LogP contribution in [0.25, 0.3) is 11.1 Å². The van der Waals surface area contributed by atoms with Crippen molar-refractivity contribution in [3.63, 3.8) is 0 Å². The lowest BCUT2D eigenvalue weighted by Crippen LogP contribution is -2.13. The smallest absolute Gasteiger partial charge is 0.416 e. The van der Waals surface area contributed by atoms with Crippen molar-refractivity contribution in [2.75, 3.05) is 10.6 Å². The summed E-state index contributed by atoms with van der Waals surface area (Å²) >= 11 is 1.30. The molecule has 0 radical (unpaired) electrons. The Labute approximate surface area is 208 Å². The van der Waals surface area contributed by atoms with Crippen molar-refractivity contribution in [1.82, 2.24) is 4.98 Å². The summed E-state index contributed by atoms with van der Waals surface area (Å²) in [6, 6.07) is 18.1. The summed E-state index contributed by atoms with van der Waals surface area (Å²) in [7, 11) is 0. The molecule has 2 N–H and O–H groups in total. The maximum absolute atomic E-state index is 12.9. The Bertz CT molecular complexity index is 1370. The summed E-state index contributed by atoms with van der Waals surface area (Å²) in [5.74, 6) is -0.0317. The lowest BCUT2D eigenvalue weighted by Gasteiger charge is -2.12. The molecule has 36 heavy (non-hydrogen) atoms. The Kier molecular flexibility index (Phi) is 7.35. The van der Waals surface area contributed by atoms with Gasteiger partial charge in [0.25, 0.3) is 5.91 Å². The van der Waals surface area contributed by atoms with Crippen molar-refractivity contribution in [2.45, 2.75) is 19.7 Å². The minimum absolute atomic E-state index is 0.198. The van der Waals surface area contributed by atoms with E-state index in [9.17, 15) is 22.8 Å². The summed E-state index contributed by atoms with van der Waals surface area (Å²) in [4.78, 5) is 28.3. The molecule has 0 spiro atoms. The van der Waals surface area contributed by atoms with Gasteiger partial charge in [-0.15, -0.1) is 11.3 Å². The minimum Gasteiger partial charge on any atom is -0.487 e. The van der Waals surface area contributed by atoms with Crippen LogP contribution in [0.2, 0.25) is 0 Å². The molecule has 10 heteroatoms. The number of nitrogens with one attached hydrogen (secondary N) is 2. The molecule has 0 saturated heterocycles. The van der Waals surface area contributed by atoms with E-state index in [1.54, 1.807) is 53.9 Å². The van der Waals surface area contributed by atoms with Gasteiger partial charge in [-0.05, 0) is 53.6 Å². The predicted molar refractivity (Wildman–Crippen MR) is 132 cm³/mol. The first-order chi connectivity index (χ1) is 17.2. The van der Waals surface area contributed by atoms with Gasteiger partial charge in [-0.3, -0.25) is 9.59 Å².